The number of hydrogen-bond acceptors (Lipinski definition) is 2. The highest BCUT2D eigenvalue weighted by atomic mass is 16.5. The molecule has 0 aromatic carbocycles. The number of allylic oxidation sites excluding steroid dienone is 1. The van der Waals surface area contributed by atoms with E-state index in [2.05, 4.69) is 11.7 Å². The van der Waals surface area contributed by atoms with E-state index < -0.39 is 0 Å². The van der Waals surface area contributed by atoms with Gasteiger partial charge < -0.3 is 4.74 Å². The van der Waals surface area contributed by atoms with Crippen LogP contribution in [0, 0.1) is 11.8 Å². The molecule has 1 aliphatic rings. The maximum atomic E-state index is 10.9. The van der Waals surface area contributed by atoms with E-state index in [1.165, 1.54) is 45.6 Å². The Bertz CT molecular complexity index is 213. The maximum Gasteiger partial charge on any atom is 0.330 e. The molecule has 1 saturated carbocycles. The van der Waals surface area contributed by atoms with Gasteiger partial charge in [-0.05, 0) is 37.5 Å². The van der Waals surface area contributed by atoms with E-state index in [0.29, 0.717) is 5.92 Å². The molecule has 1 rings (SSSR count). The number of carbonyl (C=O) groups excluding carboxylic acids is 1. The molecular weight excluding hydrogens is 188 g/mol. The fraction of sp³-hybridized carbons (Fsp3) is 0.769. The van der Waals surface area contributed by atoms with Gasteiger partial charge in [-0.2, -0.15) is 0 Å². The van der Waals surface area contributed by atoms with Crippen molar-refractivity contribution in [3.63, 3.8) is 0 Å². The number of carbonyl (C=O) groups is 1. The Hall–Kier alpha value is -0.790. The highest BCUT2D eigenvalue weighted by molar-refractivity contribution is 5.81. The Morgan fingerprint density at radius 3 is 2.53 bits per heavy atom. The molecule has 2 nitrogen and oxygen atoms in total. The SMILES string of the molecule is CCCC1CCC(C=CC(=O)OC)CC1. The van der Waals surface area contributed by atoms with Gasteiger partial charge in [0.2, 0.25) is 0 Å². The Balaban J connectivity index is 2.25. The van der Waals surface area contributed by atoms with Crippen LogP contribution in [-0.2, 0) is 9.53 Å². The second kappa shape index (κ2) is 6.65. The van der Waals surface area contributed by atoms with Gasteiger partial charge in [-0.25, -0.2) is 4.79 Å². The molecule has 0 unspecified atom stereocenters. The quantitative estimate of drug-likeness (QED) is 0.525. The third-order valence-electron chi connectivity index (χ3n) is 3.29. The summed E-state index contributed by atoms with van der Waals surface area (Å²) in [5, 5.41) is 0. The van der Waals surface area contributed by atoms with Gasteiger partial charge in [-0.3, -0.25) is 0 Å². The lowest BCUT2D eigenvalue weighted by atomic mass is 9.80. The smallest absolute Gasteiger partial charge is 0.330 e. The predicted octanol–water partition coefficient (Wildman–Crippen LogP) is 3.32. The van der Waals surface area contributed by atoms with Crippen LogP contribution in [0.4, 0.5) is 0 Å². The van der Waals surface area contributed by atoms with E-state index in [-0.39, 0.29) is 5.97 Å². The molecule has 0 N–H and O–H groups in total. The standard InChI is InChI=1S/C13H22O2/c1-3-4-11-5-7-12(8-6-11)9-10-13(14)15-2/h9-12H,3-8H2,1-2H3. The third kappa shape index (κ3) is 4.50. The highest BCUT2D eigenvalue weighted by Crippen LogP contribution is 2.31. The highest BCUT2D eigenvalue weighted by Gasteiger charge is 2.18. The maximum absolute atomic E-state index is 10.9. The van der Waals surface area contributed by atoms with Crippen molar-refractivity contribution in [2.24, 2.45) is 11.8 Å². The molecule has 0 amide bonds. The molecule has 2 heteroatoms. The van der Waals surface area contributed by atoms with Crippen molar-refractivity contribution in [1.29, 1.82) is 0 Å². The summed E-state index contributed by atoms with van der Waals surface area (Å²) < 4.78 is 4.58. The van der Waals surface area contributed by atoms with Crippen LogP contribution in [0.1, 0.15) is 45.4 Å². The van der Waals surface area contributed by atoms with E-state index in [4.69, 9.17) is 0 Å². The van der Waals surface area contributed by atoms with Gasteiger partial charge in [0.25, 0.3) is 0 Å². The van der Waals surface area contributed by atoms with Crippen molar-refractivity contribution in [2.45, 2.75) is 45.4 Å². The fourth-order valence-electron chi connectivity index (χ4n) is 2.36. The van der Waals surface area contributed by atoms with Crippen LogP contribution in [0.25, 0.3) is 0 Å². The minimum absolute atomic E-state index is 0.231. The second-order valence-electron chi connectivity index (χ2n) is 4.45. The van der Waals surface area contributed by atoms with Gasteiger partial charge >= 0.3 is 5.97 Å². The zero-order valence-electron chi connectivity index (χ0n) is 9.87. The van der Waals surface area contributed by atoms with E-state index in [9.17, 15) is 4.79 Å². The van der Waals surface area contributed by atoms with Gasteiger partial charge in [-0.15, -0.1) is 0 Å². The summed E-state index contributed by atoms with van der Waals surface area (Å²) in [6.45, 7) is 2.25. The molecule has 0 aliphatic heterocycles. The molecule has 0 saturated heterocycles. The number of methoxy groups -OCH3 is 1. The lowest BCUT2D eigenvalue weighted by Crippen LogP contribution is -2.13. The van der Waals surface area contributed by atoms with Crippen LogP contribution in [0.15, 0.2) is 12.2 Å². The predicted molar refractivity (Wildman–Crippen MR) is 61.5 cm³/mol. The van der Waals surface area contributed by atoms with Crippen molar-refractivity contribution in [1.82, 2.24) is 0 Å². The number of esters is 1. The van der Waals surface area contributed by atoms with Gasteiger partial charge in [0.05, 0.1) is 7.11 Å². The van der Waals surface area contributed by atoms with Crippen LogP contribution in [0.5, 0.6) is 0 Å². The molecule has 86 valence electrons. The lowest BCUT2D eigenvalue weighted by molar-refractivity contribution is -0.134. The topological polar surface area (TPSA) is 26.3 Å². The van der Waals surface area contributed by atoms with Gasteiger partial charge in [0.1, 0.15) is 0 Å². The summed E-state index contributed by atoms with van der Waals surface area (Å²) in [7, 11) is 1.42. The molecule has 15 heavy (non-hydrogen) atoms. The largest absolute Gasteiger partial charge is 0.466 e. The summed E-state index contributed by atoms with van der Waals surface area (Å²) in [6.07, 6.45) is 11.4. The Morgan fingerprint density at radius 1 is 1.33 bits per heavy atom. The first-order valence-corrected chi connectivity index (χ1v) is 6.02. The Morgan fingerprint density at radius 2 is 2.00 bits per heavy atom. The van der Waals surface area contributed by atoms with E-state index in [1.54, 1.807) is 6.08 Å². The minimum Gasteiger partial charge on any atom is -0.466 e. The van der Waals surface area contributed by atoms with Crippen molar-refractivity contribution in [3.8, 4) is 0 Å². The summed E-state index contributed by atoms with van der Waals surface area (Å²) in [4.78, 5) is 10.9. The zero-order chi connectivity index (χ0) is 11.1. The Labute approximate surface area is 92.7 Å². The van der Waals surface area contributed by atoms with Crippen LogP contribution in [-0.4, -0.2) is 13.1 Å². The molecule has 0 aromatic heterocycles. The summed E-state index contributed by atoms with van der Waals surface area (Å²) in [5.74, 6) is 1.29. The molecule has 0 spiro atoms. The van der Waals surface area contributed by atoms with E-state index in [0.717, 1.165) is 5.92 Å². The normalized spacial score (nSPS) is 26.8. The number of ether oxygens (including phenoxy) is 1. The van der Waals surface area contributed by atoms with Crippen LogP contribution in [0.2, 0.25) is 0 Å². The average Bonchev–Trinajstić information content (AvgIpc) is 2.28. The van der Waals surface area contributed by atoms with Crippen LogP contribution >= 0.6 is 0 Å². The van der Waals surface area contributed by atoms with Gasteiger partial charge in [0.15, 0.2) is 0 Å². The van der Waals surface area contributed by atoms with Crippen LogP contribution < -0.4 is 0 Å². The number of rotatable bonds is 4. The van der Waals surface area contributed by atoms with Gasteiger partial charge in [-0.1, -0.05) is 25.8 Å². The first kappa shape index (κ1) is 12.3. The first-order chi connectivity index (χ1) is 7.26. The molecule has 0 heterocycles. The van der Waals surface area contributed by atoms with Crippen molar-refractivity contribution in [2.75, 3.05) is 7.11 Å². The lowest BCUT2D eigenvalue weighted by Gasteiger charge is -2.26. The summed E-state index contributed by atoms with van der Waals surface area (Å²) >= 11 is 0. The molecule has 1 aliphatic carbocycles. The number of hydrogen-bond donors (Lipinski definition) is 0. The summed E-state index contributed by atoms with van der Waals surface area (Å²) in [5.41, 5.74) is 0. The van der Waals surface area contributed by atoms with Crippen molar-refractivity contribution in [3.05, 3.63) is 12.2 Å². The van der Waals surface area contributed by atoms with Crippen molar-refractivity contribution < 1.29 is 9.53 Å². The molecule has 0 atom stereocenters. The van der Waals surface area contributed by atoms with Crippen molar-refractivity contribution >= 4 is 5.97 Å². The Kier molecular flexibility index (Phi) is 5.44. The van der Waals surface area contributed by atoms with Crippen LogP contribution in [0.3, 0.4) is 0 Å². The summed E-state index contributed by atoms with van der Waals surface area (Å²) in [6, 6.07) is 0. The second-order valence-corrected chi connectivity index (χ2v) is 4.45. The third-order valence-corrected chi connectivity index (χ3v) is 3.29. The molecular formula is C13H22O2. The molecule has 0 aromatic rings. The van der Waals surface area contributed by atoms with E-state index in [1.807, 2.05) is 6.08 Å². The molecule has 1 fully saturated rings. The average molecular weight is 210 g/mol. The van der Waals surface area contributed by atoms with E-state index >= 15 is 0 Å². The first-order valence-electron chi connectivity index (χ1n) is 6.02. The zero-order valence-corrected chi connectivity index (χ0v) is 9.87. The monoisotopic (exact) mass is 210 g/mol. The molecule has 0 bridgehead atoms. The minimum atomic E-state index is -0.231. The molecule has 0 radical (unpaired) electrons. The fourth-order valence-corrected chi connectivity index (χ4v) is 2.36. The van der Waals surface area contributed by atoms with Gasteiger partial charge in [0, 0.05) is 6.08 Å².